The quantitative estimate of drug-likeness (QED) is 0.639. The number of hydrogen-bond donors (Lipinski definition) is 2. The van der Waals surface area contributed by atoms with Crippen LogP contribution < -0.4 is 9.44 Å². The van der Waals surface area contributed by atoms with Crippen molar-refractivity contribution in [2.75, 3.05) is 13.1 Å². The van der Waals surface area contributed by atoms with Crippen LogP contribution in [0.1, 0.15) is 27.2 Å². The lowest BCUT2D eigenvalue weighted by atomic mass is 10.1. The van der Waals surface area contributed by atoms with Gasteiger partial charge in [-0.05, 0) is 6.42 Å². The second kappa shape index (κ2) is 6.10. The molecule has 0 aliphatic rings. The van der Waals surface area contributed by atoms with Crippen molar-refractivity contribution in [3.05, 3.63) is 0 Å². The number of hydrogen-bond acceptors (Lipinski definition) is 3. The maximum absolute atomic E-state index is 11.1. The topological polar surface area (TPSA) is 75.3 Å². The second-order valence-electron chi connectivity index (χ2n) is 3.34. The summed E-state index contributed by atoms with van der Waals surface area (Å²) >= 11 is 0. The van der Waals surface area contributed by atoms with Crippen molar-refractivity contribution >= 4 is 16.0 Å². The van der Waals surface area contributed by atoms with Crippen LogP contribution in [0.2, 0.25) is 0 Å². The second-order valence-corrected chi connectivity index (χ2v) is 4.92. The van der Waals surface area contributed by atoms with Crippen LogP contribution >= 0.6 is 0 Å². The van der Waals surface area contributed by atoms with Crippen molar-refractivity contribution < 1.29 is 13.2 Å². The summed E-state index contributed by atoms with van der Waals surface area (Å²) in [6, 6.07) is 0. The minimum absolute atomic E-state index is 0.119. The Kier molecular flexibility index (Phi) is 5.90. The zero-order valence-electron chi connectivity index (χ0n) is 8.83. The third-order valence-electron chi connectivity index (χ3n) is 1.62. The van der Waals surface area contributed by atoms with Crippen LogP contribution in [0.3, 0.4) is 0 Å². The van der Waals surface area contributed by atoms with Gasteiger partial charge in [-0.2, -0.15) is 13.1 Å². The molecule has 0 aromatic heterocycles. The van der Waals surface area contributed by atoms with Crippen molar-refractivity contribution in [3.63, 3.8) is 0 Å². The SMILES string of the molecule is CCCNS(=O)(=O)NCC(=O)C(C)C. The number of rotatable bonds is 7. The Bertz CT molecular complexity index is 272. The summed E-state index contributed by atoms with van der Waals surface area (Å²) in [7, 11) is -3.49. The summed E-state index contributed by atoms with van der Waals surface area (Å²) in [5.41, 5.74) is 0. The van der Waals surface area contributed by atoms with E-state index in [0.717, 1.165) is 6.42 Å². The van der Waals surface area contributed by atoms with Gasteiger partial charge < -0.3 is 0 Å². The molecule has 0 spiro atoms. The summed E-state index contributed by atoms with van der Waals surface area (Å²) in [5, 5.41) is 0. The van der Waals surface area contributed by atoms with Crippen LogP contribution in [0, 0.1) is 5.92 Å². The Morgan fingerprint density at radius 3 is 2.29 bits per heavy atom. The predicted molar refractivity (Wildman–Crippen MR) is 55.1 cm³/mol. The maximum Gasteiger partial charge on any atom is 0.277 e. The fourth-order valence-electron chi connectivity index (χ4n) is 0.658. The molecule has 0 amide bonds. The van der Waals surface area contributed by atoms with Crippen LogP contribution in [0.5, 0.6) is 0 Å². The molecule has 0 saturated carbocycles. The lowest BCUT2D eigenvalue weighted by molar-refractivity contribution is -0.120. The third kappa shape index (κ3) is 6.06. The van der Waals surface area contributed by atoms with Crippen molar-refractivity contribution in [3.8, 4) is 0 Å². The van der Waals surface area contributed by atoms with E-state index in [1.807, 2.05) is 6.92 Å². The molecule has 0 atom stereocenters. The number of Topliss-reactive ketones (excluding diaryl/α,β-unsaturated/α-hetero) is 1. The van der Waals surface area contributed by atoms with Crippen molar-refractivity contribution in [1.82, 2.24) is 9.44 Å². The van der Waals surface area contributed by atoms with Gasteiger partial charge in [0.15, 0.2) is 0 Å². The highest BCUT2D eigenvalue weighted by atomic mass is 32.2. The molecular weight excluding hydrogens is 204 g/mol. The number of nitrogens with one attached hydrogen (secondary N) is 2. The van der Waals surface area contributed by atoms with Crippen LogP contribution in [0.25, 0.3) is 0 Å². The lowest BCUT2D eigenvalue weighted by Gasteiger charge is -2.07. The van der Waals surface area contributed by atoms with E-state index in [4.69, 9.17) is 0 Å². The molecule has 0 saturated heterocycles. The molecule has 5 nitrogen and oxygen atoms in total. The summed E-state index contributed by atoms with van der Waals surface area (Å²) in [6.07, 6.45) is 0.721. The van der Waals surface area contributed by atoms with Crippen molar-refractivity contribution in [2.24, 2.45) is 5.92 Å². The van der Waals surface area contributed by atoms with Gasteiger partial charge in [0.05, 0.1) is 6.54 Å². The molecule has 0 aromatic carbocycles. The number of carbonyl (C=O) groups is 1. The first-order valence-electron chi connectivity index (χ1n) is 4.66. The van der Waals surface area contributed by atoms with Crippen LogP contribution in [-0.2, 0) is 15.0 Å². The first kappa shape index (κ1) is 13.5. The van der Waals surface area contributed by atoms with Gasteiger partial charge >= 0.3 is 0 Å². The maximum atomic E-state index is 11.1. The first-order valence-corrected chi connectivity index (χ1v) is 6.14. The predicted octanol–water partition coefficient (Wildman–Crippen LogP) is 0.0455. The van der Waals surface area contributed by atoms with Gasteiger partial charge in [0.1, 0.15) is 5.78 Å². The molecule has 0 aliphatic carbocycles. The fraction of sp³-hybridized carbons (Fsp3) is 0.875. The monoisotopic (exact) mass is 222 g/mol. The van der Waals surface area contributed by atoms with Gasteiger partial charge in [-0.1, -0.05) is 20.8 Å². The lowest BCUT2D eigenvalue weighted by Crippen LogP contribution is -2.40. The largest absolute Gasteiger partial charge is 0.298 e. The summed E-state index contributed by atoms with van der Waals surface area (Å²) in [5.74, 6) is -0.268. The summed E-state index contributed by atoms with van der Waals surface area (Å²) in [4.78, 5) is 11.1. The Labute approximate surface area is 85.5 Å². The molecular formula is C8H18N2O3S. The molecule has 6 heteroatoms. The van der Waals surface area contributed by atoms with Gasteiger partial charge in [0, 0.05) is 12.5 Å². The van der Waals surface area contributed by atoms with E-state index >= 15 is 0 Å². The highest BCUT2D eigenvalue weighted by Gasteiger charge is 2.12. The summed E-state index contributed by atoms with van der Waals surface area (Å²) < 4.78 is 26.8. The highest BCUT2D eigenvalue weighted by Crippen LogP contribution is 1.92. The van der Waals surface area contributed by atoms with E-state index in [0.29, 0.717) is 6.54 Å². The van der Waals surface area contributed by atoms with E-state index in [-0.39, 0.29) is 18.2 Å². The molecule has 84 valence electrons. The standard InChI is InChI=1S/C8H18N2O3S/c1-4-5-9-14(12,13)10-6-8(11)7(2)3/h7,9-10H,4-6H2,1-3H3. The molecule has 0 radical (unpaired) electrons. The van der Waals surface area contributed by atoms with Crippen LogP contribution in [0.4, 0.5) is 0 Å². The van der Waals surface area contributed by atoms with E-state index in [1.165, 1.54) is 0 Å². The van der Waals surface area contributed by atoms with E-state index in [9.17, 15) is 13.2 Å². The average molecular weight is 222 g/mol. The Hall–Kier alpha value is -0.460. The molecule has 0 fully saturated rings. The minimum atomic E-state index is -3.49. The number of carbonyl (C=O) groups excluding carboxylic acids is 1. The van der Waals surface area contributed by atoms with Crippen LogP contribution in [0.15, 0.2) is 0 Å². The Balaban J connectivity index is 3.94. The molecule has 0 rings (SSSR count). The number of ketones is 1. The third-order valence-corrected chi connectivity index (χ3v) is 2.73. The van der Waals surface area contributed by atoms with Crippen LogP contribution in [-0.4, -0.2) is 27.3 Å². The normalized spacial score (nSPS) is 12.0. The molecule has 2 N–H and O–H groups in total. The zero-order valence-corrected chi connectivity index (χ0v) is 9.65. The van der Waals surface area contributed by atoms with Gasteiger partial charge in [0.2, 0.25) is 0 Å². The highest BCUT2D eigenvalue weighted by molar-refractivity contribution is 7.87. The van der Waals surface area contributed by atoms with Gasteiger partial charge in [0.25, 0.3) is 10.2 Å². The summed E-state index contributed by atoms with van der Waals surface area (Å²) in [6.45, 7) is 5.57. The van der Waals surface area contributed by atoms with Gasteiger partial charge in [-0.25, -0.2) is 4.72 Å². The van der Waals surface area contributed by atoms with Gasteiger partial charge in [-0.3, -0.25) is 4.79 Å². The van der Waals surface area contributed by atoms with E-state index in [1.54, 1.807) is 13.8 Å². The fourth-order valence-corrected chi connectivity index (χ4v) is 1.56. The van der Waals surface area contributed by atoms with Crippen molar-refractivity contribution in [1.29, 1.82) is 0 Å². The van der Waals surface area contributed by atoms with E-state index < -0.39 is 10.2 Å². The van der Waals surface area contributed by atoms with Gasteiger partial charge in [-0.15, -0.1) is 0 Å². The first-order chi connectivity index (χ1) is 6.39. The average Bonchev–Trinajstić information content (AvgIpc) is 2.11. The van der Waals surface area contributed by atoms with Crippen molar-refractivity contribution in [2.45, 2.75) is 27.2 Å². The minimum Gasteiger partial charge on any atom is -0.298 e. The Morgan fingerprint density at radius 2 is 1.86 bits per heavy atom. The van der Waals surface area contributed by atoms with E-state index in [2.05, 4.69) is 9.44 Å². The molecule has 0 unspecified atom stereocenters. The molecule has 0 bridgehead atoms. The zero-order chi connectivity index (χ0) is 11.2. The molecule has 0 aliphatic heterocycles. The Morgan fingerprint density at radius 1 is 1.29 bits per heavy atom. The molecule has 0 heterocycles. The molecule has 0 aromatic rings. The molecule has 14 heavy (non-hydrogen) atoms. The smallest absolute Gasteiger partial charge is 0.277 e.